The lowest BCUT2D eigenvalue weighted by Gasteiger charge is -2.05. The zero-order valence-corrected chi connectivity index (χ0v) is 10.3. The molecule has 3 nitrogen and oxygen atoms in total. The molecule has 0 bridgehead atoms. The maximum Gasteiger partial charge on any atom is 0.340 e. The number of benzene rings is 2. The van der Waals surface area contributed by atoms with Crippen molar-refractivity contribution in [2.24, 2.45) is 4.99 Å². The summed E-state index contributed by atoms with van der Waals surface area (Å²) in [7, 11) is 0. The maximum atomic E-state index is 11.6. The van der Waals surface area contributed by atoms with Crippen molar-refractivity contribution in [3.63, 3.8) is 0 Å². The minimum absolute atomic E-state index is 0.300. The predicted octanol–water partition coefficient (Wildman–Crippen LogP) is 2.92. The fraction of sp³-hybridized carbons (Fsp3) is 0.200. The molecule has 90 valence electrons. The summed E-state index contributed by atoms with van der Waals surface area (Å²) in [6.07, 6.45) is 0. The van der Waals surface area contributed by atoms with Gasteiger partial charge in [-0.2, -0.15) is 0 Å². The Kier molecular flexibility index (Phi) is 2.23. The molecule has 1 aliphatic heterocycles. The number of nitrogens with zero attached hydrogens (tertiary/aromatic N) is 1. The van der Waals surface area contributed by atoms with E-state index in [1.54, 1.807) is 13.8 Å². The summed E-state index contributed by atoms with van der Waals surface area (Å²) >= 11 is 0. The van der Waals surface area contributed by atoms with Gasteiger partial charge in [-0.1, -0.05) is 30.3 Å². The first-order chi connectivity index (χ1) is 8.56. The van der Waals surface area contributed by atoms with Crippen LogP contribution in [-0.2, 0) is 9.53 Å². The Morgan fingerprint density at radius 2 is 1.78 bits per heavy atom. The van der Waals surface area contributed by atoms with Crippen molar-refractivity contribution < 1.29 is 9.53 Å². The van der Waals surface area contributed by atoms with E-state index in [9.17, 15) is 4.79 Å². The second kappa shape index (κ2) is 3.67. The third-order valence-corrected chi connectivity index (χ3v) is 3.07. The Bertz CT molecular complexity index is 671. The molecule has 1 aliphatic rings. The number of hydrogen-bond donors (Lipinski definition) is 0. The Labute approximate surface area is 105 Å². The molecule has 0 unspecified atom stereocenters. The van der Waals surface area contributed by atoms with Gasteiger partial charge in [-0.15, -0.1) is 0 Å². The van der Waals surface area contributed by atoms with Gasteiger partial charge in [-0.3, -0.25) is 0 Å². The van der Waals surface area contributed by atoms with Crippen molar-refractivity contribution in [2.75, 3.05) is 0 Å². The quantitative estimate of drug-likeness (QED) is 0.718. The van der Waals surface area contributed by atoms with Gasteiger partial charge < -0.3 is 4.74 Å². The van der Waals surface area contributed by atoms with E-state index in [4.69, 9.17) is 4.74 Å². The van der Waals surface area contributed by atoms with Crippen LogP contribution in [0.4, 0.5) is 0 Å². The van der Waals surface area contributed by atoms with E-state index in [1.807, 2.05) is 42.5 Å². The topological polar surface area (TPSA) is 38.7 Å². The van der Waals surface area contributed by atoms with Crippen LogP contribution in [0.15, 0.2) is 47.5 Å². The van der Waals surface area contributed by atoms with Gasteiger partial charge in [0.2, 0.25) is 5.90 Å². The molecule has 2 aromatic carbocycles. The molecule has 2 aromatic rings. The molecular weight excluding hydrogens is 226 g/mol. The normalized spacial score (nSPS) is 17.7. The van der Waals surface area contributed by atoms with Crippen LogP contribution in [0.5, 0.6) is 0 Å². The van der Waals surface area contributed by atoms with Crippen LogP contribution in [0.2, 0.25) is 0 Å². The van der Waals surface area contributed by atoms with Crippen molar-refractivity contribution in [3.05, 3.63) is 48.0 Å². The van der Waals surface area contributed by atoms with Crippen molar-refractivity contribution >= 4 is 22.6 Å². The Balaban J connectivity index is 2.09. The zero-order chi connectivity index (χ0) is 12.8. The fourth-order valence-corrected chi connectivity index (χ4v) is 1.98. The summed E-state index contributed by atoms with van der Waals surface area (Å²) in [5, 5.41) is 2.27. The standard InChI is InChI=1S/C15H13NO2/c1-15(2)14(17)18-13(16-15)12-8-7-10-5-3-4-6-11(10)9-12/h3-9H,1-2H3. The van der Waals surface area contributed by atoms with Crippen LogP contribution in [0.25, 0.3) is 10.8 Å². The van der Waals surface area contributed by atoms with Crippen LogP contribution >= 0.6 is 0 Å². The van der Waals surface area contributed by atoms with E-state index < -0.39 is 5.54 Å². The lowest BCUT2D eigenvalue weighted by Crippen LogP contribution is -2.25. The molecule has 0 fully saturated rings. The van der Waals surface area contributed by atoms with Crippen LogP contribution < -0.4 is 0 Å². The molecule has 0 N–H and O–H groups in total. The molecule has 0 saturated carbocycles. The summed E-state index contributed by atoms with van der Waals surface area (Å²) in [5.41, 5.74) is 0.0636. The average molecular weight is 239 g/mol. The van der Waals surface area contributed by atoms with Gasteiger partial charge in [0.1, 0.15) is 0 Å². The van der Waals surface area contributed by atoms with Gasteiger partial charge >= 0.3 is 5.97 Å². The third kappa shape index (κ3) is 1.68. The summed E-state index contributed by atoms with van der Waals surface area (Å²) in [6, 6.07) is 14.0. The highest BCUT2D eigenvalue weighted by atomic mass is 16.6. The number of carbonyl (C=O) groups excluding carboxylic acids is 1. The second-order valence-corrected chi connectivity index (χ2v) is 4.93. The molecule has 1 heterocycles. The van der Waals surface area contributed by atoms with Crippen molar-refractivity contribution in [1.29, 1.82) is 0 Å². The molecule has 0 spiro atoms. The molecule has 0 atom stereocenters. The summed E-state index contributed by atoms with van der Waals surface area (Å²) in [4.78, 5) is 15.9. The molecule has 0 amide bonds. The largest absolute Gasteiger partial charge is 0.405 e. The first-order valence-electron chi connectivity index (χ1n) is 5.87. The summed E-state index contributed by atoms with van der Waals surface area (Å²) in [5.74, 6) is 0.112. The van der Waals surface area contributed by atoms with Crippen molar-refractivity contribution in [3.8, 4) is 0 Å². The molecule has 18 heavy (non-hydrogen) atoms. The predicted molar refractivity (Wildman–Crippen MR) is 70.7 cm³/mol. The van der Waals surface area contributed by atoms with E-state index in [1.165, 1.54) is 0 Å². The number of esters is 1. The van der Waals surface area contributed by atoms with Crippen molar-refractivity contribution in [1.82, 2.24) is 0 Å². The highest BCUT2D eigenvalue weighted by Gasteiger charge is 2.37. The summed E-state index contributed by atoms with van der Waals surface area (Å²) < 4.78 is 5.22. The second-order valence-electron chi connectivity index (χ2n) is 4.93. The lowest BCUT2D eigenvalue weighted by molar-refractivity contribution is -0.137. The van der Waals surface area contributed by atoms with Gasteiger partial charge in [-0.25, -0.2) is 9.79 Å². The number of carbonyl (C=O) groups is 1. The summed E-state index contributed by atoms with van der Waals surface area (Å²) in [6.45, 7) is 3.51. The number of fused-ring (bicyclic) bond motifs is 1. The van der Waals surface area contributed by atoms with Gasteiger partial charge in [0, 0.05) is 5.56 Å². The van der Waals surface area contributed by atoms with E-state index in [2.05, 4.69) is 4.99 Å². The fourth-order valence-electron chi connectivity index (χ4n) is 1.98. The van der Waals surface area contributed by atoms with Crippen LogP contribution in [0.3, 0.4) is 0 Å². The Morgan fingerprint density at radius 3 is 2.44 bits per heavy atom. The molecular formula is C15H13NO2. The van der Waals surface area contributed by atoms with Gasteiger partial charge in [0.05, 0.1) is 0 Å². The number of cyclic esters (lactones) is 1. The highest BCUT2D eigenvalue weighted by Crippen LogP contribution is 2.24. The monoisotopic (exact) mass is 239 g/mol. The zero-order valence-electron chi connectivity index (χ0n) is 10.3. The number of ether oxygens (including phenoxy) is 1. The minimum Gasteiger partial charge on any atom is -0.405 e. The first-order valence-corrected chi connectivity index (χ1v) is 5.87. The van der Waals surface area contributed by atoms with Crippen molar-refractivity contribution in [2.45, 2.75) is 19.4 Å². The van der Waals surface area contributed by atoms with E-state index >= 15 is 0 Å². The van der Waals surface area contributed by atoms with Gasteiger partial charge in [0.25, 0.3) is 0 Å². The van der Waals surface area contributed by atoms with E-state index in [0.29, 0.717) is 5.90 Å². The van der Waals surface area contributed by atoms with Gasteiger partial charge in [0.15, 0.2) is 5.54 Å². The molecule has 3 heteroatoms. The van der Waals surface area contributed by atoms with E-state index in [0.717, 1.165) is 16.3 Å². The molecule has 0 saturated heterocycles. The molecule has 0 aromatic heterocycles. The minimum atomic E-state index is -0.777. The van der Waals surface area contributed by atoms with Crippen LogP contribution in [0.1, 0.15) is 19.4 Å². The number of hydrogen-bond acceptors (Lipinski definition) is 3. The molecule has 3 rings (SSSR count). The Hall–Kier alpha value is -2.16. The number of aliphatic imine (C=N–C) groups is 1. The Morgan fingerprint density at radius 1 is 1.06 bits per heavy atom. The highest BCUT2D eigenvalue weighted by molar-refractivity contribution is 6.09. The number of rotatable bonds is 1. The molecule has 0 radical (unpaired) electrons. The van der Waals surface area contributed by atoms with Crippen LogP contribution in [-0.4, -0.2) is 17.4 Å². The van der Waals surface area contributed by atoms with Crippen LogP contribution in [0, 0.1) is 0 Å². The average Bonchev–Trinajstić information content (AvgIpc) is 2.63. The third-order valence-electron chi connectivity index (χ3n) is 3.07. The van der Waals surface area contributed by atoms with Gasteiger partial charge in [-0.05, 0) is 36.8 Å². The maximum absolute atomic E-state index is 11.6. The SMILES string of the molecule is CC1(C)N=C(c2ccc3ccccc3c2)OC1=O. The lowest BCUT2D eigenvalue weighted by atomic mass is 10.1. The first kappa shape index (κ1) is 11.0. The van der Waals surface area contributed by atoms with E-state index in [-0.39, 0.29) is 5.97 Å². The molecule has 0 aliphatic carbocycles. The smallest absolute Gasteiger partial charge is 0.340 e.